The minimum atomic E-state index is -0.461. The Morgan fingerprint density at radius 1 is 1.38 bits per heavy atom. The van der Waals surface area contributed by atoms with Gasteiger partial charge >= 0.3 is 0 Å². The van der Waals surface area contributed by atoms with Crippen molar-refractivity contribution in [3.63, 3.8) is 0 Å². The van der Waals surface area contributed by atoms with Crippen molar-refractivity contribution in [1.29, 1.82) is 0 Å². The third-order valence-electron chi connectivity index (χ3n) is 1.42. The minimum Gasteiger partial charge on any atom is -0.465 e. The molecule has 3 heteroatoms. The maximum Gasteiger partial charge on any atom is 0.252 e. The van der Waals surface area contributed by atoms with Crippen molar-refractivity contribution in [2.24, 2.45) is 0 Å². The predicted octanol–water partition coefficient (Wildman–Crippen LogP) is 2.98. The van der Waals surface area contributed by atoms with E-state index in [9.17, 15) is 4.79 Å². The summed E-state index contributed by atoms with van der Waals surface area (Å²) in [7, 11) is 0. The van der Waals surface area contributed by atoms with Crippen LogP contribution < -0.4 is 4.74 Å². The molecule has 0 spiro atoms. The van der Waals surface area contributed by atoms with E-state index in [1.165, 1.54) is 0 Å². The van der Waals surface area contributed by atoms with E-state index in [1.807, 2.05) is 6.92 Å². The molecule has 2 nitrogen and oxygen atoms in total. The molecule has 0 aromatic heterocycles. The SMILES string of the molecule is C/C=C/Oc1ccc(C(=O)Cl)cc1. The molecule has 1 aromatic rings. The number of benzene rings is 1. The molecule has 0 atom stereocenters. The van der Waals surface area contributed by atoms with Gasteiger partial charge in [-0.15, -0.1) is 0 Å². The first-order valence-corrected chi connectivity index (χ1v) is 4.19. The molecule has 68 valence electrons. The van der Waals surface area contributed by atoms with Crippen LogP contribution in [0.2, 0.25) is 0 Å². The summed E-state index contributed by atoms with van der Waals surface area (Å²) in [6.07, 6.45) is 3.35. The van der Waals surface area contributed by atoms with E-state index in [-0.39, 0.29) is 0 Å². The topological polar surface area (TPSA) is 26.3 Å². The van der Waals surface area contributed by atoms with Crippen LogP contribution in [0.1, 0.15) is 17.3 Å². The fourth-order valence-electron chi connectivity index (χ4n) is 0.811. The lowest BCUT2D eigenvalue weighted by Gasteiger charge is -1.99. The lowest BCUT2D eigenvalue weighted by atomic mass is 10.2. The molecular formula is C10H9ClO2. The molecule has 0 bridgehead atoms. The fraction of sp³-hybridized carbons (Fsp3) is 0.100. The monoisotopic (exact) mass is 196 g/mol. The van der Waals surface area contributed by atoms with Crippen molar-refractivity contribution < 1.29 is 9.53 Å². The zero-order valence-corrected chi connectivity index (χ0v) is 7.91. The van der Waals surface area contributed by atoms with Crippen LogP contribution in [0.4, 0.5) is 0 Å². The molecule has 1 aromatic carbocycles. The molecule has 0 amide bonds. The maximum absolute atomic E-state index is 10.7. The van der Waals surface area contributed by atoms with Crippen LogP contribution in [0, 0.1) is 0 Å². The van der Waals surface area contributed by atoms with Crippen LogP contribution in [0.25, 0.3) is 0 Å². The van der Waals surface area contributed by atoms with Crippen molar-refractivity contribution in [1.82, 2.24) is 0 Å². The van der Waals surface area contributed by atoms with Gasteiger partial charge < -0.3 is 4.74 Å². The van der Waals surface area contributed by atoms with Crippen LogP contribution >= 0.6 is 11.6 Å². The van der Waals surface area contributed by atoms with Gasteiger partial charge in [-0.05, 0) is 42.8 Å². The largest absolute Gasteiger partial charge is 0.465 e. The number of hydrogen-bond acceptors (Lipinski definition) is 2. The Bertz CT molecular complexity index is 314. The van der Waals surface area contributed by atoms with Gasteiger partial charge in [0.25, 0.3) is 5.24 Å². The first kappa shape index (κ1) is 9.81. The summed E-state index contributed by atoms with van der Waals surface area (Å²) in [6, 6.07) is 6.62. The molecule has 0 N–H and O–H groups in total. The van der Waals surface area contributed by atoms with Gasteiger partial charge in [0.05, 0.1) is 6.26 Å². The lowest BCUT2D eigenvalue weighted by Crippen LogP contribution is -1.88. The zero-order chi connectivity index (χ0) is 9.68. The van der Waals surface area contributed by atoms with Gasteiger partial charge in [-0.3, -0.25) is 4.79 Å². The van der Waals surface area contributed by atoms with Crippen molar-refractivity contribution in [2.75, 3.05) is 0 Å². The lowest BCUT2D eigenvalue weighted by molar-refractivity contribution is 0.108. The maximum atomic E-state index is 10.7. The van der Waals surface area contributed by atoms with Crippen molar-refractivity contribution in [3.8, 4) is 5.75 Å². The van der Waals surface area contributed by atoms with Crippen molar-refractivity contribution >= 4 is 16.8 Å². The number of halogens is 1. The fourth-order valence-corrected chi connectivity index (χ4v) is 0.937. The second-order valence-corrected chi connectivity index (χ2v) is 2.73. The minimum absolute atomic E-state index is 0.461. The summed E-state index contributed by atoms with van der Waals surface area (Å²) < 4.78 is 5.15. The summed E-state index contributed by atoms with van der Waals surface area (Å²) in [6.45, 7) is 1.86. The first-order chi connectivity index (χ1) is 6.24. The highest BCUT2D eigenvalue weighted by atomic mass is 35.5. The van der Waals surface area contributed by atoms with Gasteiger partial charge in [0, 0.05) is 5.56 Å². The van der Waals surface area contributed by atoms with Crippen LogP contribution in [0.5, 0.6) is 5.75 Å². The second-order valence-electron chi connectivity index (χ2n) is 2.39. The van der Waals surface area contributed by atoms with E-state index in [2.05, 4.69) is 0 Å². The van der Waals surface area contributed by atoms with Gasteiger partial charge in [-0.2, -0.15) is 0 Å². The Kier molecular flexibility index (Phi) is 3.53. The standard InChI is InChI=1S/C10H9ClO2/c1-2-7-13-9-5-3-8(4-6-9)10(11)12/h2-7H,1H3/b7-2+. The van der Waals surface area contributed by atoms with Crippen LogP contribution in [-0.4, -0.2) is 5.24 Å². The number of hydrogen-bond donors (Lipinski definition) is 0. The molecule has 0 aliphatic rings. The summed E-state index contributed by atoms with van der Waals surface area (Å²) >= 11 is 5.27. The highest BCUT2D eigenvalue weighted by Gasteiger charge is 2.00. The normalized spacial score (nSPS) is 10.3. The van der Waals surface area contributed by atoms with Gasteiger partial charge in [-0.25, -0.2) is 0 Å². The molecule has 0 saturated heterocycles. The van der Waals surface area contributed by atoms with Crippen LogP contribution in [-0.2, 0) is 0 Å². The average molecular weight is 197 g/mol. The van der Waals surface area contributed by atoms with Crippen LogP contribution in [0.3, 0.4) is 0 Å². The number of allylic oxidation sites excluding steroid dienone is 1. The molecule has 0 aliphatic heterocycles. The van der Waals surface area contributed by atoms with Crippen LogP contribution in [0.15, 0.2) is 36.6 Å². The molecule has 0 heterocycles. The van der Waals surface area contributed by atoms with E-state index in [1.54, 1.807) is 36.6 Å². The van der Waals surface area contributed by atoms with E-state index in [0.29, 0.717) is 11.3 Å². The van der Waals surface area contributed by atoms with Gasteiger partial charge in [0.1, 0.15) is 5.75 Å². The smallest absolute Gasteiger partial charge is 0.252 e. The number of carbonyl (C=O) groups excluding carboxylic acids is 1. The number of rotatable bonds is 3. The molecule has 13 heavy (non-hydrogen) atoms. The second kappa shape index (κ2) is 4.67. The molecule has 0 fully saturated rings. The molecule has 0 radical (unpaired) electrons. The number of carbonyl (C=O) groups is 1. The van der Waals surface area contributed by atoms with Gasteiger partial charge in [-0.1, -0.05) is 6.08 Å². The molecule has 0 saturated carbocycles. The molecular weight excluding hydrogens is 188 g/mol. The third-order valence-corrected chi connectivity index (χ3v) is 1.64. The Morgan fingerprint density at radius 2 is 2.00 bits per heavy atom. The summed E-state index contributed by atoms with van der Waals surface area (Å²) in [5, 5.41) is -0.461. The van der Waals surface area contributed by atoms with E-state index >= 15 is 0 Å². The zero-order valence-electron chi connectivity index (χ0n) is 7.16. The Hall–Kier alpha value is -1.28. The number of ether oxygens (including phenoxy) is 1. The van der Waals surface area contributed by atoms with E-state index in [4.69, 9.17) is 16.3 Å². The van der Waals surface area contributed by atoms with Gasteiger partial charge in [0.15, 0.2) is 0 Å². The highest BCUT2D eigenvalue weighted by molar-refractivity contribution is 6.67. The van der Waals surface area contributed by atoms with E-state index in [0.717, 1.165) is 0 Å². The first-order valence-electron chi connectivity index (χ1n) is 3.81. The van der Waals surface area contributed by atoms with Crippen molar-refractivity contribution in [2.45, 2.75) is 6.92 Å². The van der Waals surface area contributed by atoms with E-state index < -0.39 is 5.24 Å². The Balaban J connectivity index is 2.75. The molecule has 1 rings (SSSR count). The van der Waals surface area contributed by atoms with Crippen molar-refractivity contribution in [3.05, 3.63) is 42.2 Å². The average Bonchev–Trinajstić information content (AvgIpc) is 2.15. The Morgan fingerprint density at radius 3 is 2.46 bits per heavy atom. The summed E-state index contributed by atoms with van der Waals surface area (Å²) in [5.74, 6) is 0.680. The quantitative estimate of drug-likeness (QED) is 0.549. The summed E-state index contributed by atoms with van der Waals surface area (Å²) in [4.78, 5) is 10.7. The van der Waals surface area contributed by atoms with Gasteiger partial charge in [0.2, 0.25) is 0 Å². The Labute approximate surface area is 81.8 Å². The molecule has 0 aliphatic carbocycles. The summed E-state index contributed by atoms with van der Waals surface area (Å²) in [5.41, 5.74) is 0.467. The predicted molar refractivity (Wildman–Crippen MR) is 52.1 cm³/mol. The molecule has 0 unspecified atom stereocenters. The highest BCUT2D eigenvalue weighted by Crippen LogP contribution is 2.13. The third kappa shape index (κ3) is 2.92.